The standard InChI is InChI=1S/C26H23NO6S/c1-32-21-5-2-4-19(16-21)24(29)17-33-26(31)14-13-25(30)27-20-9-7-18(8-10-20)23(28)12-11-22-6-3-15-34-22/h2-12,15-16H,13-14,17H2,1H3,(H,27,30)/b12-11+. The van der Waals surface area contributed by atoms with Crippen molar-refractivity contribution in [3.05, 3.63) is 88.1 Å². The molecule has 34 heavy (non-hydrogen) atoms. The first-order chi connectivity index (χ1) is 16.4. The molecule has 0 fully saturated rings. The molecule has 8 heteroatoms. The largest absolute Gasteiger partial charge is 0.497 e. The minimum Gasteiger partial charge on any atom is -0.497 e. The van der Waals surface area contributed by atoms with Crippen LogP contribution in [0, 0.1) is 0 Å². The Morgan fingerprint density at radius 3 is 2.44 bits per heavy atom. The number of allylic oxidation sites excluding steroid dienone is 1. The van der Waals surface area contributed by atoms with Gasteiger partial charge in [-0.05, 0) is 60.0 Å². The van der Waals surface area contributed by atoms with Crippen molar-refractivity contribution in [2.45, 2.75) is 12.8 Å². The maximum absolute atomic E-state index is 12.2. The molecule has 7 nitrogen and oxygen atoms in total. The van der Waals surface area contributed by atoms with Crippen LogP contribution in [0.15, 0.2) is 72.1 Å². The predicted molar refractivity (Wildman–Crippen MR) is 130 cm³/mol. The number of carbonyl (C=O) groups excluding carboxylic acids is 4. The molecule has 0 aliphatic carbocycles. The van der Waals surface area contributed by atoms with Crippen LogP contribution in [0.5, 0.6) is 5.75 Å². The molecule has 3 aromatic rings. The zero-order valence-electron chi connectivity index (χ0n) is 18.5. The molecule has 174 valence electrons. The fraction of sp³-hybridized carbons (Fsp3) is 0.154. The third-order valence-corrected chi connectivity index (χ3v) is 5.55. The molecule has 0 bridgehead atoms. The van der Waals surface area contributed by atoms with E-state index < -0.39 is 12.6 Å². The van der Waals surface area contributed by atoms with Crippen molar-refractivity contribution in [3.8, 4) is 5.75 Å². The summed E-state index contributed by atoms with van der Waals surface area (Å²) in [6.45, 7) is -0.413. The smallest absolute Gasteiger partial charge is 0.306 e. The molecule has 0 aliphatic rings. The predicted octanol–water partition coefficient (Wildman–Crippen LogP) is 4.80. The van der Waals surface area contributed by atoms with Crippen LogP contribution < -0.4 is 10.1 Å². The van der Waals surface area contributed by atoms with Gasteiger partial charge in [0, 0.05) is 28.1 Å². The van der Waals surface area contributed by atoms with Gasteiger partial charge in [-0.2, -0.15) is 0 Å². The van der Waals surface area contributed by atoms with Gasteiger partial charge in [-0.3, -0.25) is 19.2 Å². The van der Waals surface area contributed by atoms with Gasteiger partial charge in [0.1, 0.15) is 5.75 Å². The molecule has 1 N–H and O–H groups in total. The van der Waals surface area contributed by atoms with E-state index in [9.17, 15) is 19.2 Å². The highest BCUT2D eigenvalue weighted by atomic mass is 32.1. The monoisotopic (exact) mass is 477 g/mol. The van der Waals surface area contributed by atoms with Crippen LogP contribution >= 0.6 is 11.3 Å². The lowest BCUT2D eigenvalue weighted by Gasteiger charge is -2.07. The fourth-order valence-electron chi connectivity index (χ4n) is 2.90. The number of hydrogen-bond donors (Lipinski definition) is 1. The normalized spacial score (nSPS) is 10.6. The number of methoxy groups -OCH3 is 1. The highest BCUT2D eigenvalue weighted by molar-refractivity contribution is 7.10. The Kier molecular flexibility index (Phi) is 8.88. The van der Waals surface area contributed by atoms with Crippen LogP contribution in [-0.2, 0) is 14.3 Å². The molecule has 3 rings (SSSR count). The molecule has 2 aromatic carbocycles. The molecule has 1 aromatic heterocycles. The van der Waals surface area contributed by atoms with Gasteiger partial charge in [-0.25, -0.2) is 0 Å². The van der Waals surface area contributed by atoms with Gasteiger partial charge in [-0.1, -0.05) is 18.2 Å². The van der Waals surface area contributed by atoms with Crippen molar-refractivity contribution in [1.29, 1.82) is 0 Å². The number of rotatable bonds is 11. The van der Waals surface area contributed by atoms with Crippen molar-refractivity contribution in [2.75, 3.05) is 19.0 Å². The van der Waals surface area contributed by atoms with Gasteiger partial charge in [0.05, 0.1) is 13.5 Å². The third kappa shape index (κ3) is 7.53. The molecule has 0 saturated heterocycles. The molecule has 1 amide bonds. The van der Waals surface area contributed by atoms with E-state index in [2.05, 4.69) is 5.32 Å². The number of nitrogens with one attached hydrogen (secondary N) is 1. The second-order valence-electron chi connectivity index (χ2n) is 7.15. The van der Waals surface area contributed by atoms with Crippen molar-refractivity contribution >= 4 is 46.5 Å². The summed E-state index contributed by atoms with van der Waals surface area (Å²) >= 11 is 1.54. The van der Waals surface area contributed by atoms with Crippen molar-refractivity contribution < 1.29 is 28.7 Å². The lowest BCUT2D eigenvalue weighted by molar-refractivity contribution is -0.143. The summed E-state index contributed by atoms with van der Waals surface area (Å²) in [7, 11) is 1.49. The van der Waals surface area contributed by atoms with Crippen LogP contribution in [0.25, 0.3) is 6.08 Å². The molecule has 0 spiro atoms. The summed E-state index contributed by atoms with van der Waals surface area (Å²) in [4.78, 5) is 49.4. The zero-order chi connectivity index (χ0) is 24.3. The number of thiophene rings is 1. The summed E-state index contributed by atoms with van der Waals surface area (Å²) in [6.07, 6.45) is 2.99. The lowest BCUT2D eigenvalue weighted by Crippen LogP contribution is -2.17. The Morgan fingerprint density at radius 1 is 0.941 bits per heavy atom. The van der Waals surface area contributed by atoms with E-state index in [1.54, 1.807) is 54.6 Å². The van der Waals surface area contributed by atoms with Crippen LogP contribution in [0.1, 0.15) is 38.4 Å². The summed E-state index contributed by atoms with van der Waals surface area (Å²) < 4.78 is 10.0. The minimum atomic E-state index is -0.648. The first kappa shape index (κ1) is 24.6. The van der Waals surface area contributed by atoms with E-state index in [0.29, 0.717) is 22.6 Å². The topological polar surface area (TPSA) is 98.8 Å². The molecule has 0 aliphatic heterocycles. The quantitative estimate of drug-likeness (QED) is 0.242. The Balaban J connectivity index is 1.40. The van der Waals surface area contributed by atoms with Gasteiger partial charge in [-0.15, -0.1) is 11.3 Å². The Labute approximate surface area is 201 Å². The van der Waals surface area contributed by atoms with E-state index in [1.165, 1.54) is 24.5 Å². The van der Waals surface area contributed by atoms with Crippen molar-refractivity contribution in [1.82, 2.24) is 0 Å². The summed E-state index contributed by atoms with van der Waals surface area (Å²) in [5.41, 5.74) is 1.37. The number of anilines is 1. The number of ether oxygens (including phenoxy) is 2. The van der Waals surface area contributed by atoms with E-state index in [0.717, 1.165) is 4.88 Å². The maximum Gasteiger partial charge on any atom is 0.306 e. The van der Waals surface area contributed by atoms with Gasteiger partial charge < -0.3 is 14.8 Å². The SMILES string of the molecule is COc1cccc(C(=O)COC(=O)CCC(=O)Nc2ccc(C(=O)/C=C/c3cccs3)cc2)c1. The van der Waals surface area contributed by atoms with Crippen LogP contribution in [0.2, 0.25) is 0 Å². The number of hydrogen-bond acceptors (Lipinski definition) is 7. The van der Waals surface area contributed by atoms with Crippen molar-refractivity contribution in [2.24, 2.45) is 0 Å². The van der Waals surface area contributed by atoms with E-state index in [4.69, 9.17) is 9.47 Å². The zero-order valence-corrected chi connectivity index (χ0v) is 19.3. The van der Waals surface area contributed by atoms with Crippen LogP contribution in [-0.4, -0.2) is 37.2 Å². The second-order valence-corrected chi connectivity index (χ2v) is 8.13. The minimum absolute atomic E-state index is 0.101. The highest BCUT2D eigenvalue weighted by Crippen LogP contribution is 2.15. The summed E-state index contributed by atoms with van der Waals surface area (Å²) in [6, 6.07) is 16.8. The first-order valence-electron chi connectivity index (χ1n) is 10.4. The summed E-state index contributed by atoms with van der Waals surface area (Å²) in [5.74, 6) is -1.01. The number of benzene rings is 2. The van der Waals surface area contributed by atoms with Gasteiger partial charge >= 0.3 is 5.97 Å². The maximum atomic E-state index is 12.2. The molecule has 0 unspecified atom stereocenters. The number of amides is 1. The fourth-order valence-corrected chi connectivity index (χ4v) is 3.51. The average molecular weight is 478 g/mol. The Hall–Kier alpha value is -4.04. The third-order valence-electron chi connectivity index (χ3n) is 4.71. The highest BCUT2D eigenvalue weighted by Gasteiger charge is 2.13. The molecule has 0 atom stereocenters. The Morgan fingerprint density at radius 2 is 1.74 bits per heavy atom. The number of Topliss-reactive ketones (excluding diaryl/α,β-unsaturated/α-hetero) is 1. The number of carbonyl (C=O) groups is 4. The molecular formula is C26H23NO6S. The van der Waals surface area contributed by atoms with Crippen LogP contribution in [0.4, 0.5) is 5.69 Å². The molecule has 1 heterocycles. The second kappa shape index (κ2) is 12.3. The summed E-state index contributed by atoms with van der Waals surface area (Å²) in [5, 5.41) is 4.60. The molecule has 0 radical (unpaired) electrons. The van der Waals surface area contributed by atoms with E-state index in [1.807, 2.05) is 17.5 Å². The first-order valence-corrected chi connectivity index (χ1v) is 11.3. The van der Waals surface area contributed by atoms with Crippen molar-refractivity contribution in [3.63, 3.8) is 0 Å². The average Bonchev–Trinajstić information content (AvgIpc) is 3.39. The lowest BCUT2D eigenvalue weighted by atomic mass is 10.1. The van der Waals surface area contributed by atoms with E-state index in [-0.39, 0.29) is 30.3 Å². The Bertz CT molecular complexity index is 1180. The number of ketones is 2. The van der Waals surface area contributed by atoms with E-state index >= 15 is 0 Å². The van der Waals surface area contributed by atoms with Gasteiger partial charge in [0.15, 0.2) is 18.2 Å². The van der Waals surface area contributed by atoms with Gasteiger partial charge in [0.2, 0.25) is 5.91 Å². The molecular weight excluding hydrogens is 454 g/mol. The van der Waals surface area contributed by atoms with Gasteiger partial charge in [0.25, 0.3) is 0 Å². The number of esters is 1. The molecule has 0 saturated carbocycles. The van der Waals surface area contributed by atoms with Crippen LogP contribution in [0.3, 0.4) is 0 Å².